The fourth-order valence-electron chi connectivity index (χ4n) is 2.92. The van der Waals surface area contributed by atoms with Gasteiger partial charge in [0.2, 0.25) is 5.79 Å². The molecule has 0 saturated carbocycles. The van der Waals surface area contributed by atoms with Gasteiger partial charge in [0.1, 0.15) is 12.4 Å². The Morgan fingerprint density at radius 2 is 2.12 bits per heavy atom. The number of ether oxygens (including phenoxy) is 2. The summed E-state index contributed by atoms with van der Waals surface area (Å²) < 4.78 is 25.4. The Labute approximate surface area is 143 Å². The van der Waals surface area contributed by atoms with E-state index >= 15 is 0 Å². The Bertz CT molecular complexity index is 730. The van der Waals surface area contributed by atoms with Gasteiger partial charge >= 0.3 is 12.1 Å². The second kappa shape index (κ2) is 6.96. The lowest BCUT2D eigenvalue weighted by molar-refractivity contribution is -0.141. The van der Waals surface area contributed by atoms with E-state index < -0.39 is 23.8 Å². The Morgan fingerprint density at radius 1 is 1.36 bits per heavy atom. The fourth-order valence-corrected chi connectivity index (χ4v) is 2.92. The van der Waals surface area contributed by atoms with Crippen molar-refractivity contribution in [1.82, 2.24) is 5.32 Å². The molecule has 1 aliphatic carbocycles. The number of hydrogen-bond acceptors (Lipinski definition) is 4. The first-order valence-electron chi connectivity index (χ1n) is 7.92. The first kappa shape index (κ1) is 17.0. The number of rotatable bonds is 4. The van der Waals surface area contributed by atoms with Crippen LogP contribution in [0.2, 0.25) is 0 Å². The number of halogens is 1. The Morgan fingerprint density at radius 3 is 2.84 bits per heavy atom. The number of aliphatic carboxylic acids is 1. The van der Waals surface area contributed by atoms with E-state index in [1.54, 1.807) is 24.3 Å². The van der Waals surface area contributed by atoms with E-state index in [1.807, 2.05) is 6.07 Å². The second-order valence-electron chi connectivity index (χ2n) is 5.98. The van der Waals surface area contributed by atoms with Crippen LogP contribution in [0.1, 0.15) is 18.4 Å². The van der Waals surface area contributed by atoms with Gasteiger partial charge in [-0.05, 0) is 29.7 Å². The largest absolute Gasteiger partial charge is 0.494 e. The van der Waals surface area contributed by atoms with Crippen LogP contribution in [0.3, 0.4) is 0 Å². The number of carbonyl (C=O) groups excluding carboxylic acids is 1. The number of allylic oxidation sites excluding steroid dienone is 1. The molecule has 1 aromatic carbocycles. The van der Waals surface area contributed by atoms with Crippen molar-refractivity contribution in [2.75, 3.05) is 6.61 Å². The molecule has 2 N–H and O–H groups in total. The summed E-state index contributed by atoms with van der Waals surface area (Å²) in [4.78, 5) is 23.2. The van der Waals surface area contributed by atoms with Gasteiger partial charge in [-0.1, -0.05) is 30.3 Å². The molecule has 0 spiro atoms. The summed E-state index contributed by atoms with van der Waals surface area (Å²) in [5.41, 5.74) is 1.12. The summed E-state index contributed by atoms with van der Waals surface area (Å²) in [6, 6.07) is 9.02. The Balaban J connectivity index is 1.63. The SMILES string of the molecule is O=C(NC1(F)C=CC2=C(C1)C(C(=O)O)CCO2)OCc1ccccc1. The van der Waals surface area contributed by atoms with Crippen molar-refractivity contribution < 1.29 is 28.6 Å². The molecule has 0 bridgehead atoms. The predicted molar refractivity (Wildman–Crippen MR) is 86.1 cm³/mol. The zero-order valence-corrected chi connectivity index (χ0v) is 13.4. The van der Waals surface area contributed by atoms with Crippen LogP contribution in [0.15, 0.2) is 53.8 Å². The molecule has 6 nitrogen and oxygen atoms in total. The standard InChI is InChI=1S/C18H18FNO5/c19-18(20-17(23)25-11-12-4-2-1-3-5-12)8-6-15-14(10-18)13(16(21)22)7-9-24-15/h1-6,8,13H,7,9-11H2,(H,20,23)(H,21,22). The highest BCUT2D eigenvalue weighted by Crippen LogP contribution is 2.37. The third-order valence-corrected chi connectivity index (χ3v) is 4.17. The molecule has 2 unspecified atom stereocenters. The minimum Gasteiger partial charge on any atom is -0.494 e. The third-order valence-electron chi connectivity index (χ3n) is 4.17. The van der Waals surface area contributed by atoms with Gasteiger partial charge in [-0.3, -0.25) is 10.1 Å². The summed E-state index contributed by atoms with van der Waals surface area (Å²) in [5.74, 6) is -3.68. The molecule has 132 valence electrons. The number of carbonyl (C=O) groups is 2. The average Bonchev–Trinajstić information content (AvgIpc) is 2.60. The zero-order chi connectivity index (χ0) is 17.9. The minimum absolute atomic E-state index is 0.0152. The van der Waals surface area contributed by atoms with Gasteiger partial charge in [0.25, 0.3) is 0 Å². The van der Waals surface area contributed by atoms with Gasteiger partial charge < -0.3 is 14.6 Å². The molecule has 2 atom stereocenters. The molecular formula is C18H18FNO5. The number of hydrogen-bond donors (Lipinski definition) is 2. The number of alkyl carbamates (subject to hydrolysis) is 1. The second-order valence-corrected chi connectivity index (χ2v) is 5.98. The summed E-state index contributed by atoms with van der Waals surface area (Å²) >= 11 is 0. The maximum absolute atomic E-state index is 15.0. The quantitative estimate of drug-likeness (QED) is 0.818. The highest BCUT2D eigenvalue weighted by Gasteiger charge is 2.40. The molecule has 3 rings (SSSR count). The van der Waals surface area contributed by atoms with Crippen LogP contribution in [-0.2, 0) is 20.9 Å². The summed E-state index contributed by atoms with van der Waals surface area (Å²) in [5, 5.41) is 11.5. The first-order chi connectivity index (χ1) is 12.0. The van der Waals surface area contributed by atoms with Gasteiger partial charge in [-0.2, -0.15) is 0 Å². The average molecular weight is 347 g/mol. The molecule has 0 fully saturated rings. The number of benzene rings is 1. The molecule has 25 heavy (non-hydrogen) atoms. The molecule has 2 aliphatic rings. The van der Waals surface area contributed by atoms with Crippen molar-refractivity contribution in [3.63, 3.8) is 0 Å². The maximum atomic E-state index is 15.0. The lowest BCUT2D eigenvalue weighted by Crippen LogP contribution is -2.46. The van der Waals surface area contributed by atoms with Crippen molar-refractivity contribution in [2.45, 2.75) is 25.2 Å². The predicted octanol–water partition coefficient (Wildman–Crippen LogP) is 2.91. The molecular weight excluding hydrogens is 329 g/mol. The van der Waals surface area contributed by atoms with E-state index in [0.717, 1.165) is 11.6 Å². The topological polar surface area (TPSA) is 84.9 Å². The van der Waals surface area contributed by atoms with Crippen LogP contribution in [0.5, 0.6) is 0 Å². The summed E-state index contributed by atoms with van der Waals surface area (Å²) in [7, 11) is 0. The van der Waals surface area contributed by atoms with Crippen molar-refractivity contribution in [1.29, 1.82) is 0 Å². The van der Waals surface area contributed by atoms with Gasteiger partial charge in [0.15, 0.2) is 0 Å². The highest BCUT2D eigenvalue weighted by molar-refractivity contribution is 5.75. The van der Waals surface area contributed by atoms with Crippen LogP contribution < -0.4 is 5.32 Å². The van der Waals surface area contributed by atoms with Crippen LogP contribution in [0.4, 0.5) is 9.18 Å². The maximum Gasteiger partial charge on any atom is 0.410 e. The third kappa shape index (κ3) is 3.99. The summed E-state index contributed by atoms with van der Waals surface area (Å²) in [6.07, 6.45) is 1.60. The van der Waals surface area contributed by atoms with E-state index in [4.69, 9.17) is 9.47 Å². The number of nitrogens with one attached hydrogen (secondary N) is 1. The Kier molecular flexibility index (Phi) is 4.74. The van der Waals surface area contributed by atoms with Crippen molar-refractivity contribution in [3.8, 4) is 0 Å². The van der Waals surface area contributed by atoms with Crippen LogP contribution in [0.25, 0.3) is 0 Å². The smallest absolute Gasteiger partial charge is 0.410 e. The summed E-state index contributed by atoms with van der Waals surface area (Å²) in [6.45, 7) is 0.285. The number of carboxylic acid groups (broad SMARTS) is 1. The molecule has 0 radical (unpaired) electrons. The lowest BCUT2D eigenvalue weighted by atomic mass is 9.84. The van der Waals surface area contributed by atoms with E-state index in [1.165, 1.54) is 6.08 Å². The molecule has 0 saturated heterocycles. The van der Waals surface area contributed by atoms with Crippen LogP contribution in [-0.4, -0.2) is 29.6 Å². The first-order valence-corrected chi connectivity index (χ1v) is 7.92. The normalized spacial score (nSPS) is 24.9. The van der Waals surface area contributed by atoms with E-state index in [0.29, 0.717) is 11.3 Å². The molecule has 1 amide bonds. The fraction of sp³-hybridized carbons (Fsp3) is 0.333. The molecule has 1 aromatic rings. The minimum atomic E-state index is -2.21. The van der Waals surface area contributed by atoms with Crippen LogP contribution >= 0.6 is 0 Å². The van der Waals surface area contributed by atoms with E-state index in [9.17, 15) is 19.1 Å². The van der Waals surface area contributed by atoms with Crippen molar-refractivity contribution in [3.05, 3.63) is 59.4 Å². The number of alkyl halides is 1. The van der Waals surface area contributed by atoms with Gasteiger partial charge in [0.05, 0.1) is 12.5 Å². The zero-order valence-electron chi connectivity index (χ0n) is 13.4. The van der Waals surface area contributed by atoms with Gasteiger partial charge in [0, 0.05) is 6.42 Å². The highest BCUT2D eigenvalue weighted by atomic mass is 19.1. The van der Waals surface area contributed by atoms with Crippen molar-refractivity contribution in [2.24, 2.45) is 5.92 Å². The Hall–Kier alpha value is -2.83. The van der Waals surface area contributed by atoms with Crippen molar-refractivity contribution >= 4 is 12.1 Å². The monoisotopic (exact) mass is 347 g/mol. The molecule has 0 aromatic heterocycles. The van der Waals surface area contributed by atoms with E-state index in [2.05, 4.69) is 5.32 Å². The van der Waals surface area contributed by atoms with Crippen LogP contribution in [0, 0.1) is 5.92 Å². The van der Waals surface area contributed by atoms with E-state index in [-0.39, 0.29) is 26.1 Å². The molecule has 1 aliphatic heterocycles. The number of carboxylic acids is 1. The molecule has 1 heterocycles. The molecule has 7 heteroatoms. The van der Waals surface area contributed by atoms with Gasteiger partial charge in [-0.15, -0.1) is 0 Å². The lowest BCUT2D eigenvalue weighted by Gasteiger charge is -2.33. The number of amides is 1. The van der Waals surface area contributed by atoms with Gasteiger partial charge in [-0.25, -0.2) is 9.18 Å².